The van der Waals surface area contributed by atoms with Crippen LogP contribution < -0.4 is 5.32 Å². The van der Waals surface area contributed by atoms with Gasteiger partial charge in [0.25, 0.3) is 0 Å². The zero-order chi connectivity index (χ0) is 13.7. The summed E-state index contributed by atoms with van der Waals surface area (Å²) in [6, 6.07) is 9.14. The molecular weight excluding hydrogens is 264 g/mol. The topological polar surface area (TPSA) is 49.4 Å². The van der Waals surface area contributed by atoms with Crippen molar-refractivity contribution in [2.45, 2.75) is 12.5 Å². The summed E-state index contributed by atoms with van der Waals surface area (Å²) in [5.41, 5.74) is 2.38. The Bertz CT molecular complexity index is 487. The Morgan fingerprint density at radius 3 is 2.74 bits per heavy atom. The first-order valence-electron chi connectivity index (χ1n) is 6.08. The Hall–Kier alpha value is -1.81. The predicted molar refractivity (Wildman–Crippen MR) is 73.6 cm³/mol. The van der Waals surface area contributed by atoms with Crippen molar-refractivity contribution in [1.82, 2.24) is 10.2 Å². The molecule has 0 aromatic heterocycles. The number of carbonyl (C=O) groups is 2. The molecule has 100 valence electrons. The lowest BCUT2D eigenvalue weighted by atomic mass is 10.0. The fraction of sp³-hybridized carbons (Fsp3) is 0.286. The molecule has 1 aliphatic heterocycles. The van der Waals surface area contributed by atoms with E-state index in [2.05, 4.69) is 5.32 Å². The molecule has 4 nitrogen and oxygen atoms in total. The van der Waals surface area contributed by atoms with Gasteiger partial charge >= 0.3 is 0 Å². The molecular formula is C14H15ClN2O2. The van der Waals surface area contributed by atoms with Crippen LogP contribution in [0.4, 0.5) is 0 Å². The lowest BCUT2D eigenvalue weighted by Gasteiger charge is -2.31. The molecule has 1 heterocycles. The molecule has 0 aliphatic carbocycles. The average molecular weight is 279 g/mol. The van der Waals surface area contributed by atoms with Crippen LogP contribution in [0, 0.1) is 0 Å². The number of carbonyl (C=O) groups excluding carboxylic acids is 2. The van der Waals surface area contributed by atoms with Crippen molar-refractivity contribution in [3.8, 4) is 0 Å². The van der Waals surface area contributed by atoms with E-state index in [1.807, 2.05) is 30.3 Å². The second-order valence-corrected chi connectivity index (χ2v) is 4.64. The Labute approximate surface area is 117 Å². The van der Waals surface area contributed by atoms with E-state index in [4.69, 9.17) is 11.6 Å². The van der Waals surface area contributed by atoms with E-state index in [0.29, 0.717) is 13.0 Å². The minimum absolute atomic E-state index is 0.0711. The van der Waals surface area contributed by atoms with Crippen LogP contribution in [0.15, 0.2) is 41.9 Å². The number of hydrogen-bond donors (Lipinski definition) is 1. The average Bonchev–Trinajstić information content (AvgIpc) is 2.42. The highest BCUT2D eigenvalue weighted by atomic mass is 35.5. The van der Waals surface area contributed by atoms with Crippen LogP contribution >= 0.6 is 11.6 Å². The van der Waals surface area contributed by atoms with Crippen LogP contribution in [0.5, 0.6) is 0 Å². The first kappa shape index (κ1) is 13.6. The van der Waals surface area contributed by atoms with E-state index >= 15 is 0 Å². The van der Waals surface area contributed by atoms with Gasteiger partial charge in [-0.1, -0.05) is 48.0 Å². The quantitative estimate of drug-likeness (QED) is 0.903. The van der Waals surface area contributed by atoms with Crippen molar-refractivity contribution in [3.63, 3.8) is 0 Å². The molecule has 1 fully saturated rings. The van der Waals surface area contributed by atoms with E-state index in [9.17, 15) is 9.59 Å². The van der Waals surface area contributed by atoms with E-state index in [1.165, 1.54) is 10.4 Å². The first-order chi connectivity index (χ1) is 9.20. The maximum atomic E-state index is 12.2. The normalized spacial score (nSPS) is 19.8. The third-order valence-corrected chi connectivity index (χ3v) is 3.16. The van der Waals surface area contributed by atoms with E-state index in [1.54, 1.807) is 6.08 Å². The van der Waals surface area contributed by atoms with Gasteiger partial charge in [-0.05, 0) is 5.56 Å². The van der Waals surface area contributed by atoms with Gasteiger partial charge in [-0.15, -0.1) is 0 Å². The van der Waals surface area contributed by atoms with Crippen LogP contribution in [0.1, 0.15) is 5.56 Å². The molecule has 1 aromatic rings. The molecule has 0 saturated carbocycles. The number of hydrogen-bond acceptors (Lipinski definition) is 2. The van der Waals surface area contributed by atoms with Gasteiger partial charge in [-0.3, -0.25) is 9.59 Å². The van der Waals surface area contributed by atoms with E-state index < -0.39 is 6.04 Å². The summed E-state index contributed by atoms with van der Waals surface area (Å²) in [6.07, 6.45) is 2.16. The van der Waals surface area contributed by atoms with Crippen molar-refractivity contribution >= 4 is 23.4 Å². The number of halogens is 1. The van der Waals surface area contributed by atoms with Crippen molar-refractivity contribution in [2.75, 3.05) is 13.1 Å². The molecule has 5 heteroatoms. The molecule has 2 amide bonds. The first-order valence-corrected chi connectivity index (χ1v) is 6.51. The Morgan fingerprint density at radius 2 is 2.05 bits per heavy atom. The zero-order valence-corrected chi connectivity index (χ0v) is 11.1. The maximum Gasteiger partial charge on any atom is 0.246 e. The van der Waals surface area contributed by atoms with Crippen LogP contribution in [-0.4, -0.2) is 35.8 Å². The van der Waals surface area contributed by atoms with Gasteiger partial charge in [-0.2, -0.15) is 0 Å². The van der Waals surface area contributed by atoms with Crippen molar-refractivity contribution in [1.29, 1.82) is 0 Å². The fourth-order valence-corrected chi connectivity index (χ4v) is 2.16. The second-order valence-electron chi connectivity index (χ2n) is 4.39. The third kappa shape index (κ3) is 3.58. The minimum atomic E-state index is -0.493. The lowest BCUT2D eigenvalue weighted by Crippen LogP contribution is -2.58. The Morgan fingerprint density at radius 1 is 1.32 bits per heavy atom. The van der Waals surface area contributed by atoms with E-state index in [-0.39, 0.29) is 18.4 Å². The summed E-state index contributed by atoms with van der Waals surface area (Å²) in [7, 11) is 0. The third-order valence-electron chi connectivity index (χ3n) is 2.98. The summed E-state index contributed by atoms with van der Waals surface area (Å²) in [6.45, 7) is 0.451. The SMILES string of the molecule is O=C1CN(C/C=C/Cl)C(=O)C(Cc2ccccc2)N1. The second kappa shape index (κ2) is 6.38. The van der Waals surface area contributed by atoms with Crippen molar-refractivity contribution < 1.29 is 9.59 Å². The lowest BCUT2D eigenvalue weighted by molar-refractivity contribution is -0.143. The highest BCUT2D eigenvalue weighted by Crippen LogP contribution is 2.09. The molecule has 1 unspecified atom stereocenters. The number of rotatable bonds is 4. The summed E-state index contributed by atoms with van der Waals surface area (Å²) in [5, 5.41) is 2.73. The van der Waals surface area contributed by atoms with Crippen LogP contribution in [-0.2, 0) is 16.0 Å². The molecule has 1 atom stereocenters. The molecule has 0 spiro atoms. The van der Waals surface area contributed by atoms with Crippen LogP contribution in [0.3, 0.4) is 0 Å². The van der Waals surface area contributed by atoms with Crippen LogP contribution in [0.25, 0.3) is 0 Å². The van der Waals surface area contributed by atoms with Gasteiger partial charge in [0, 0.05) is 18.5 Å². The number of piperazine rings is 1. The van der Waals surface area contributed by atoms with E-state index in [0.717, 1.165) is 5.56 Å². The van der Waals surface area contributed by atoms with Crippen LogP contribution in [0.2, 0.25) is 0 Å². The number of amides is 2. The van der Waals surface area contributed by atoms with Gasteiger partial charge in [-0.25, -0.2) is 0 Å². The van der Waals surface area contributed by atoms with Gasteiger partial charge in [0.2, 0.25) is 11.8 Å². The highest BCUT2D eigenvalue weighted by Gasteiger charge is 2.31. The minimum Gasteiger partial charge on any atom is -0.342 e. The molecule has 19 heavy (non-hydrogen) atoms. The van der Waals surface area contributed by atoms with Gasteiger partial charge < -0.3 is 10.2 Å². The molecule has 1 saturated heterocycles. The summed E-state index contributed by atoms with van der Waals surface area (Å²) < 4.78 is 0. The molecule has 1 aromatic carbocycles. The fourth-order valence-electron chi connectivity index (χ4n) is 2.08. The van der Waals surface area contributed by atoms with Gasteiger partial charge in [0.05, 0.1) is 6.54 Å². The number of benzene rings is 1. The molecule has 2 rings (SSSR count). The van der Waals surface area contributed by atoms with Gasteiger partial charge in [0.1, 0.15) is 6.04 Å². The largest absolute Gasteiger partial charge is 0.342 e. The summed E-state index contributed by atoms with van der Waals surface area (Å²) >= 11 is 5.45. The monoisotopic (exact) mass is 278 g/mol. The summed E-state index contributed by atoms with van der Waals surface area (Å²) in [4.78, 5) is 25.3. The molecule has 1 N–H and O–H groups in total. The number of nitrogens with one attached hydrogen (secondary N) is 1. The Kier molecular flexibility index (Phi) is 4.58. The summed E-state index contributed by atoms with van der Waals surface area (Å²) in [5.74, 6) is -0.207. The zero-order valence-electron chi connectivity index (χ0n) is 10.4. The molecule has 0 radical (unpaired) electrons. The van der Waals surface area contributed by atoms with Gasteiger partial charge in [0.15, 0.2) is 0 Å². The molecule has 0 bridgehead atoms. The predicted octanol–water partition coefficient (Wildman–Crippen LogP) is 1.31. The molecule has 1 aliphatic rings. The van der Waals surface area contributed by atoms with Crippen molar-refractivity contribution in [3.05, 3.63) is 47.5 Å². The Balaban J connectivity index is 2.07. The maximum absolute atomic E-state index is 12.2. The van der Waals surface area contributed by atoms with Crippen molar-refractivity contribution in [2.24, 2.45) is 0 Å². The standard InChI is InChI=1S/C14H15ClN2O2/c15-7-4-8-17-10-13(18)16-12(14(17)19)9-11-5-2-1-3-6-11/h1-7,12H,8-10H2,(H,16,18)/b7-4+. The highest BCUT2D eigenvalue weighted by molar-refractivity contribution is 6.25. The smallest absolute Gasteiger partial charge is 0.246 e. The number of nitrogens with zero attached hydrogens (tertiary/aromatic N) is 1.